The summed E-state index contributed by atoms with van der Waals surface area (Å²) in [6, 6.07) is 15.0. The van der Waals surface area contributed by atoms with Crippen LogP contribution in [0.1, 0.15) is 29.5 Å². The number of nitrogens with two attached hydrogens (primary N) is 1. The fourth-order valence-corrected chi connectivity index (χ4v) is 2.88. The molecule has 0 spiro atoms. The van der Waals surface area contributed by atoms with Crippen LogP contribution in [0, 0.1) is 6.92 Å². The zero-order valence-corrected chi connectivity index (χ0v) is 11.3. The van der Waals surface area contributed by atoms with Crippen molar-refractivity contribution in [3.8, 4) is 0 Å². The van der Waals surface area contributed by atoms with E-state index in [4.69, 9.17) is 10.2 Å². The Morgan fingerprint density at radius 2 is 2.00 bits per heavy atom. The van der Waals surface area contributed by atoms with Crippen LogP contribution < -0.4 is 5.73 Å². The molecule has 2 aromatic rings. The Morgan fingerprint density at radius 3 is 2.68 bits per heavy atom. The molecule has 1 fully saturated rings. The summed E-state index contributed by atoms with van der Waals surface area (Å²) in [7, 11) is 0. The number of hydrogen-bond acceptors (Lipinski definition) is 3. The van der Waals surface area contributed by atoms with Crippen molar-refractivity contribution in [3.05, 3.63) is 59.5 Å². The Balaban J connectivity index is 1.81. The van der Waals surface area contributed by atoms with Gasteiger partial charge in [0, 0.05) is 19.1 Å². The summed E-state index contributed by atoms with van der Waals surface area (Å²) in [5, 5.41) is 0. The van der Waals surface area contributed by atoms with Crippen molar-refractivity contribution < 1.29 is 4.42 Å². The van der Waals surface area contributed by atoms with Crippen molar-refractivity contribution in [2.75, 3.05) is 6.54 Å². The van der Waals surface area contributed by atoms with Crippen LogP contribution in [0.5, 0.6) is 0 Å². The van der Waals surface area contributed by atoms with Crippen molar-refractivity contribution in [1.29, 1.82) is 0 Å². The maximum atomic E-state index is 6.26. The predicted octanol–water partition coefficient (Wildman–Crippen LogP) is 2.86. The summed E-state index contributed by atoms with van der Waals surface area (Å²) in [4.78, 5) is 2.41. The molecule has 100 valence electrons. The summed E-state index contributed by atoms with van der Waals surface area (Å²) in [5.41, 5.74) is 7.59. The monoisotopic (exact) mass is 256 g/mol. The number of rotatable bonds is 3. The summed E-state index contributed by atoms with van der Waals surface area (Å²) in [6.07, 6.45) is 1.03. The lowest BCUT2D eigenvalue weighted by molar-refractivity contribution is 0.209. The highest BCUT2D eigenvalue weighted by Crippen LogP contribution is 2.33. The molecule has 3 rings (SSSR count). The first-order valence-electron chi connectivity index (χ1n) is 6.84. The average molecular weight is 256 g/mol. The number of hydrogen-bond donors (Lipinski definition) is 1. The standard InChI is InChI=1S/C16H20N2O/c1-12-7-8-15(19-12)16-14(17)9-10-18(16)11-13-5-3-2-4-6-13/h2-8,14,16H,9-11,17H2,1H3. The van der Waals surface area contributed by atoms with E-state index in [0.717, 1.165) is 31.0 Å². The van der Waals surface area contributed by atoms with Crippen molar-refractivity contribution in [2.45, 2.75) is 32.0 Å². The van der Waals surface area contributed by atoms with Crippen LogP contribution in [-0.4, -0.2) is 17.5 Å². The van der Waals surface area contributed by atoms with Gasteiger partial charge in [-0.05, 0) is 31.0 Å². The van der Waals surface area contributed by atoms with Gasteiger partial charge in [-0.1, -0.05) is 30.3 Å². The third-order valence-corrected chi connectivity index (χ3v) is 3.83. The Labute approximate surface area is 114 Å². The second-order valence-electron chi connectivity index (χ2n) is 5.30. The van der Waals surface area contributed by atoms with Gasteiger partial charge in [0.1, 0.15) is 11.5 Å². The number of aryl methyl sites for hydroxylation is 1. The van der Waals surface area contributed by atoms with Crippen molar-refractivity contribution in [3.63, 3.8) is 0 Å². The van der Waals surface area contributed by atoms with E-state index in [1.54, 1.807) is 0 Å². The highest BCUT2D eigenvalue weighted by molar-refractivity contribution is 5.18. The molecule has 1 aromatic heterocycles. The van der Waals surface area contributed by atoms with Crippen LogP contribution in [0.15, 0.2) is 46.9 Å². The molecule has 3 nitrogen and oxygen atoms in total. The molecular weight excluding hydrogens is 236 g/mol. The Kier molecular flexibility index (Phi) is 3.40. The quantitative estimate of drug-likeness (QED) is 0.918. The van der Waals surface area contributed by atoms with Crippen LogP contribution >= 0.6 is 0 Å². The minimum absolute atomic E-state index is 0.161. The Hall–Kier alpha value is -1.58. The fraction of sp³-hybridized carbons (Fsp3) is 0.375. The van der Waals surface area contributed by atoms with Gasteiger partial charge in [0.25, 0.3) is 0 Å². The molecule has 0 aliphatic carbocycles. The highest BCUT2D eigenvalue weighted by Gasteiger charge is 2.34. The van der Waals surface area contributed by atoms with E-state index in [-0.39, 0.29) is 12.1 Å². The van der Waals surface area contributed by atoms with Gasteiger partial charge in [0.2, 0.25) is 0 Å². The number of nitrogens with zero attached hydrogens (tertiary/aromatic N) is 1. The van der Waals surface area contributed by atoms with Crippen LogP contribution in [0.3, 0.4) is 0 Å². The fourth-order valence-electron chi connectivity index (χ4n) is 2.88. The van der Waals surface area contributed by atoms with Gasteiger partial charge in [0.05, 0.1) is 6.04 Å². The lowest BCUT2D eigenvalue weighted by Gasteiger charge is -2.25. The molecule has 1 aromatic carbocycles. The summed E-state index contributed by atoms with van der Waals surface area (Å²) < 4.78 is 5.78. The third kappa shape index (κ3) is 2.57. The van der Waals surface area contributed by atoms with Crippen LogP contribution in [0.2, 0.25) is 0 Å². The predicted molar refractivity (Wildman–Crippen MR) is 75.6 cm³/mol. The first kappa shape index (κ1) is 12.5. The first-order chi connectivity index (χ1) is 9.24. The molecule has 0 saturated carbocycles. The lowest BCUT2D eigenvalue weighted by atomic mass is 10.1. The van der Waals surface area contributed by atoms with E-state index >= 15 is 0 Å². The van der Waals surface area contributed by atoms with Gasteiger partial charge in [-0.3, -0.25) is 4.90 Å². The molecular formula is C16H20N2O. The van der Waals surface area contributed by atoms with Crippen LogP contribution in [0.25, 0.3) is 0 Å². The molecule has 2 N–H and O–H groups in total. The second kappa shape index (κ2) is 5.19. The Bertz CT molecular complexity index is 535. The molecule has 2 heterocycles. The summed E-state index contributed by atoms with van der Waals surface area (Å²) >= 11 is 0. The second-order valence-corrected chi connectivity index (χ2v) is 5.30. The maximum Gasteiger partial charge on any atom is 0.122 e. The first-order valence-corrected chi connectivity index (χ1v) is 6.84. The van der Waals surface area contributed by atoms with Crippen molar-refractivity contribution in [1.82, 2.24) is 4.90 Å². The molecule has 1 aliphatic rings. The van der Waals surface area contributed by atoms with Gasteiger partial charge >= 0.3 is 0 Å². The van der Waals surface area contributed by atoms with Gasteiger partial charge in [-0.2, -0.15) is 0 Å². The minimum atomic E-state index is 0.161. The van der Waals surface area contributed by atoms with Crippen LogP contribution in [0.4, 0.5) is 0 Å². The molecule has 19 heavy (non-hydrogen) atoms. The van der Waals surface area contributed by atoms with Crippen molar-refractivity contribution in [2.24, 2.45) is 5.73 Å². The SMILES string of the molecule is Cc1ccc(C2C(N)CCN2Cc2ccccc2)o1. The lowest BCUT2D eigenvalue weighted by Crippen LogP contribution is -2.31. The molecule has 0 radical (unpaired) electrons. The van der Waals surface area contributed by atoms with Gasteiger partial charge in [-0.15, -0.1) is 0 Å². The van der Waals surface area contributed by atoms with E-state index in [9.17, 15) is 0 Å². The maximum absolute atomic E-state index is 6.26. The number of benzene rings is 1. The van der Waals surface area contributed by atoms with Gasteiger partial charge < -0.3 is 10.2 Å². The summed E-state index contributed by atoms with van der Waals surface area (Å²) in [5.74, 6) is 1.95. The topological polar surface area (TPSA) is 42.4 Å². The number of furan rings is 1. The molecule has 0 amide bonds. The largest absolute Gasteiger partial charge is 0.465 e. The molecule has 1 saturated heterocycles. The molecule has 2 atom stereocenters. The zero-order valence-electron chi connectivity index (χ0n) is 11.3. The van der Waals surface area contributed by atoms with Crippen LogP contribution in [-0.2, 0) is 6.54 Å². The average Bonchev–Trinajstić information content (AvgIpc) is 2.97. The minimum Gasteiger partial charge on any atom is -0.465 e. The third-order valence-electron chi connectivity index (χ3n) is 3.83. The van der Waals surface area contributed by atoms with E-state index < -0.39 is 0 Å². The summed E-state index contributed by atoms with van der Waals surface area (Å²) in [6.45, 7) is 3.94. The Morgan fingerprint density at radius 1 is 1.21 bits per heavy atom. The number of likely N-dealkylation sites (tertiary alicyclic amines) is 1. The van der Waals surface area contributed by atoms with E-state index in [0.29, 0.717) is 0 Å². The molecule has 1 aliphatic heterocycles. The van der Waals surface area contributed by atoms with Gasteiger partial charge in [0.15, 0.2) is 0 Å². The molecule has 3 heteroatoms. The zero-order chi connectivity index (χ0) is 13.2. The van der Waals surface area contributed by atoms with E-state index in [1.165, 1.54) is 5.56 Å². The molecule has 2 unspecified atom stereocenters. The van der Waals surface area contributed by atoms with E-state index in [1.807, 2.05) is 19.1 Å². The smallest absolute Gasteiger partial charge is 0.122 e. The van der Waals surface area contributed by atoms with Crippen molar-refractivity contribution >= 4 is 0 Å². The van der Waals surface area contributed by atoms with Gasteiger partial charge in [-0.25, -0.2) is 0 Å². The normalized spacial score (nSPS) is 23.9. The highest BCUT2D eigenvalue weighted by atomic mass is 16.3. The molecule has 0 bridgehead atoms. The van der Waals surface area contributed by atoms with E-state index in [2.05, 4.69) is 35.2 Å².